The summed E-state index contributed by atoms with van der Waals surface area (Å²) >= 11 is 0. The molecular weight excluding hydrogens is 184 g/mol. The number of carbonyl (C=O) groups excluding carboxylic acids is 1. The van der Waals surface area contributed by atoms with Crippen LogP contribution in [0.1, 0.15) is 46.0 Å². The van der Waals surface area contributed by atoms with E-state index in [9.17, 15) is 4.79 Å². The summed E-state index contributed by atoms with van der Waals surface area (Å²) in [6, 6.07) is 0. The number of rotatable bonds is 4. The van der Waals surface area contributed by atoms with E-state index in [4.69, 9.17) is 0 Å². The van der Waals surface area contributed by atoms with Crippen LogP contribution in [0.3, 0.4) is 0 Å². The minimum Gasteiger partial charge on any atom is -0.303 e. The molecule has 2 bridgehead atoms. The van der Waals surface area contributed by atoms with Crippen LogP contribution < -0.4 is 0 Å². The summed E-state index contributed by atoms with van der Waals surface area (Å²) in [6.07, 6.45) is 10.3. The van der Waals surface area contributed by atoms with E-state index >= 15 is 0 Å². The van der Waals surface area contributed by atoms with Gasteiger partial charge in [0.25, 0.3) is 0 Å². The van der Waals surface area contributed by atoms with Crippen molar-refractivity contribution in [2.75, 3.05) is 0 Å². The molecule has 4 atom stereocenters. The lowest BCUT2D eigenvalue weighted by Gasteiger charge is -2.19. The number of fused-ring (bicyclic) bond motifs is 2. The highest BCUT2D eigenvalue weighted by Gasteiger charge is 2.38. The molecule has 1 nitrogen and oxygen atoms in total. The van der Waals surface area contributed by atoms with Crippen LogP contribution in [-0.4, -0.2) is 6.29 Å². The lowest BCUT2D eigenvalue weighted by Crippen LogP contribution is -2.08. The molecular formula is C14H22O. The van der Waals surface area contributed by atoms with E-state index in [0.717, 1.165) is 30.5 Å². The molecule has 84 valence electrons. The van der Waals surface area contributed by atoms with Crippen molar-refractivity contribution in [3.8, 4) is 0 Å². The largest absolute Gasteiger partial charge is 0.303 e. The SMILES string of the molecule is C/C(=C\C1CC2CCC1C2)CC(C)C=O. The van der Waals surface area contributed by atoms with Crippen molar-refractivity contribution in [1.29, 1.82) is 0 Å². The monoisotopic (exact) mass is 206 g/mol. The van der Waals surface area contributed by atoms with E-state index in [2.05, 4.69) is 13.0 Å². The zero-order valence-electron chi connectivity index (χ0n) is 9.91. The van der Waals surface area contributed by atoms with E-state index in [1.807, 2.05) is 6.92 Å². The Labute approximate surface area is 92.9 Å². The molecule has 0 saturated heterocycles. The fraction of sp³-hybridized carbons (Fsp3) is 0.786. The van der Waals surface area contributed by atoms with Gasteiger partial charge in [-0.1, -0.05) is 25.0 Å². The quantitative estimate of drug-likeness (QED) is 0.507. The van der Waals surface area contributed by atoms with Gasteiger partial charge in [0.15, 0.2) is 0 Å². The molecule has 4 unspecified atom stereocenters. The Kier molecular flexibility index (Phi) is 3.28. The van der Waals surface area contributed by atoms with Gasteiger partial charge < -0.3 is 4.79 Å². The van der Waals surface area contributed by atoms with Gasteiger partial charge in [-0.15, -0.1) is 0 Å². The summed E-state index contributed by atoms with van der Waals surface area (Å²) in [4.78, 5) is 10.6. The molecule has 2 fully saturated rings. The Morgan fingerprint density at radius 1 is 1.40 bits per heavy atom. The summed E-state index contributed by atoms with van der Waals surface area (Å²) in [5.74, 6) is 3.02. The van der Waals surface area contributed by atoms with Gasteiger partial charge in [-0.05, 0) is 50.4 Å². The smallest absolute Gasteiger partial charge is 0.123 e. The number of aldehydes is 1. The number of carbonyl (C=O) groups is 1. The Morgan fingerprint density at radius 3 is 2.73 bits per heavy atom. The highest BCUT2D eigenvalue weighted by molar-refractivity contribution is 5.53. The van der Waals surface area contributed by atoms with Crippen LogP contribution in [0.25, 0.3) is 0 Å². The third-order valence-corrected chi connectivity index (χ3v) is 4.17. The Bertz CT molecular complexity index is 267. The van der Waals surface area contributed by atoms with E-state index in [0.29, 0.717) is 0 Å². The third-order valence-electron chi connectivity index (χ3n) is 4.17. The van der Waals surface area contributed by atoms with Crippen LogP contribution in [0.15, 0.2) is 11.6 Å². The summed E-state index contributed by atoms with van der Waals surface area (Å²) in [5.41, 5.74) is 1.42. The van der Waals surface area contributed by atoms with Crippen molar-refractivity contribution in [1.82, 2.24) is 0 Å². The van der Waals surface area contributed by atoms with Crippen molar-refractivity contribution in [3.05, 3.63) is 11.6 Å². The second kappa shape index (κ2) is 4.51. The zero-order chi connectivity index (χ0) is 10.8. The maximum atomic E-state index is 10.6. The fourth-order valence-corrected chi connectivity index (χ4v) is 3.49. The number of hydrogen-bond donors (Lipinski definition) is 0. The molecule has 1 heteroatoms. The van der Waals surface area contributed by atoms with Gasteiger partial charge in [0.2, 0.25) is 0 Å². The zero-order valence-corrected chi connectivity index (χ0v) is 9.91. The van der Waals surface area contributed by atoms with Crippen LogP contribution in [0.4, 0.5) is 0 Å². The Morgan fingerprint density at radius 2 is 2.20 bits per heavy atom. The minimum atomic E-state index is 0.194. The van der Waals surface area contributed by atoms with E-state index in [1.54, 1.807) is 0 Å². The van der Waals surface area contributed by atoms with Crippen LogP contribution in [0.5, 0.6) is 0 Å². The molecule has 0 aromatic rings. The van der Waals surface area contributed by atoms with Crippen molar-refractivity contribution in [2.45, 2.75) is 46.0 Å². The molecule has 2 aliphatic carbocycles. The fourth-order valence-electron chi connectivity index (χ4n) is 3.49. The number of allylic oxidation sites excluding steroid dienone is 2. The molecule has 0 amide bonds. The lowest BCUT2D eigenvalue weighted by molar-refractivity contribution is -0.110. The van der Waals surface area contributed by atoms with Crippen LogP contribution in [0, 0.1) is 23.7 Å². The van der Waals surface area contributed by atoms with Gasteiger partial charge in [-0.2, -0.15) is 0 Å². The van der Waals surface area contributed by atoms with Gasteiger partial charge in [0.05, 0.1) is 0 Å². The first kappa shape index (κ1) is 10.9. The molecule has 0 aromatic carbocycles. The van der Waals surface area contributed by atoms with Crippen LogP contribution in [0.2, 0.25) is 0 Å². The molecule has 0 heterocycles. The predicted octanol–water partition coefficient (Wildman–Crippen LogP) is 3.59. The van der Waals surface area contributed by atoms with Crippen molar-refractivity contribution < 1.29 is 4.79 Å². The highest BCUT2D eigenvalue weighted by atomic mass is 16.1. The first-order valence-corrected chi connectivity index (χ1v) is 6.31. The Hall–Kier alpha value is -0.590. The van der Waals surface area contributed by atoms with E-state index in [-0.39, 0.29) is 5.92 Å². The first-order chi connectivity index (χ1) is 7.19. The highest BCUT2D eigenvalue weighted by Crippen LogP contribution is 2.49. The maximum absolute atomic E-state index is 10.6. The topological polar surface area (TPSA) is 17.1 Å². The van der Waals surface area contributed by atoms with Gasteiger partial charge in [0.1, 0.15) is 6.29 Å². The Balaban J connectivity index is 1.89. The van der Waals surface area contributed by atoms with Crippen molar-refractivity contribution in [3.63, 3.8) is 0 Å². The average Bonchev–Trinajstić information content (AvgIpc) is 2.78. The van der Waals surface area contributed by atoms with Crippen molar-refractivity contribution in [2.24, 2.45) is 23.7 Å². The van der Waals surface area contributed by atoms with Crippen molar-refractivity contribution >= 4 is 6.29 Å². The molecule has 2 rings (SSSR count). The summed E-state index contributed by atoms with van der Waals surface area (Å²) in [6.45, 7) is 4.19. The van der Waals surface area contributed by atoms with E-state index in [1.165, 1.54) is 31.3 Å². The minimum absolute atomic E-state index is 0.194. The number of hydrogen-bond acceptors (Lipinski definition) is 1. The average molecular weight is 206 g/mol. The standard InChI is InChI=1S/C14H22O/c1-10(5-11(2)9-15)6-14-8-12-3-4-13(14)7-12/h6,9,11-14H,3-5,7-8H2,1-2H3/b10-6+. The summed E-state index contributed by atoms with van der Waals surface area (Å²) in [5, 5.41) is 0. The lowest BCUT2D eigenvalue weighted by atomic mass is 9.86. The summed E-state index contributed by atoms with van der Waals surface area (Å²) in [7, 11) is 0. The molecule has 0 radical (unpaired) electrons. The van der Waals surface area contributed by atoms with Gasteiger partial charge in [0, 0.05) is 5.92 Å². The molecule has 0 aromatic heterocycles. The molecule has 2 aliphatic rings. The molecule has 0 aliphatic heterocycles. The molecule has 0 N–H and O–H groups in total. The van der Waals surface area contributed by atoms with E-state index < -0.39 is 0 Å². The summed E-state index contributed by atoms with van der Waals surface area (Å²) < 4.78 is 0. The predicted molar refractivity (Wildman–Crippen MR) is 62.5 cm³/mol. The molecule has 0 spiro atoms. The van der Waals surface area contributed by atoms with Gasteiger partial charge >= 0.3 is 0 Å². The third kappa shape index (κ3) is 2.50. The second-order valence-electron chi connectivity index (χ2n) is 5.67. The van der Waals surface area contributed by atoms with Crippen LogP contribution in [-0.2, 0) is 4.79 Å². The van der Waals surface area contributed by atoms with Gasteiger partial charge in [-0.25, -0.2) is 0 Å². The van der Waals surface area contributed by atoms with Crippen LogP contribution >= 0.6 is 0 Å². The normalized spacial score (nSPS) is 36.9. The first-order valence-electron chi connectivity index (χ1n) is 6.31. The maximum Gasteiger partial charge on any atom is 0.123 e. The second-order valence-corrected chi connectivity index (χ2v) is 5.67. The van der Waals surface area contributed by atoms with Gasteiger partial charge in [-0.3, -0.25) is 0 Å². The molecule has 2 saturated carbocycles. The molecule has 15 heavy (non-hydrogen) atoms.